The van der Waals surface area contributed by atoms with Crippen LogP contribution in [0.3, 0.4) is 0 Å². The van der Waals surface area contributed by atoms with E-state index in [0.717, 1.165) is 21.3 Å². The third-order valence-corrected chi connectivity index (χ3v) is 6.74. The molecule has 0 aliphatic carbocycles. The zero-order chi connectivity index (χ0) is 21.9. The molecule has 1 aromatic heterocycles. The van der Waals surface area contributed by atoms with E-state index in [1.807, 2.05) is 77.7 Å². The molecule has 5 rings (SSSR count). The fourth-order valence-corrected chi connectivity index (χ4v) is 4.86. The van der Waals surface area contributed by atoms with Crippen molar-refractivity contribution in [3.8, 4) is 10.6 Å². The molecule has 1 aliphatic heterocycles. The van der Waals surface area contributed by atoms with Crippen molar-refractivity contribution >= 4 is 39.1 Å². The van der Waals surface area contributed by atoms with Gasteiger partial charge in [-0.15, -0.1) is 10.2 Å². The van der Waals surface area contributed by atoms with Crippen molar-refractivity contribution < 1.29 is 9.59 Å². The van der Waals surface area contributed by atoms with E-state index >= 15 is 0 Å². The number of piperidine rings is 1. The summed E-state index contributed by atoms with van der Waals surface area (Å²) in [5.74, 6) is -0.175. The van der Waals surface area contributed by atoms with Crippen molar-refractivity contribution in [1.82, 2.24) is 15.1 Å². The maximum absolute atomic E-state index is 13.1. The minimum atomic E-state index is -0.143. The average Bonchev–Trinajstić information content (AvgIpc) is 3.32. The first kappa shape index (κ1) is 20.3. The SMILES string of the molecule is O=C(Nc1nnc(-c2ccccc2)s1)C1CCN(C(=O)c2cccc3ccccc23)CC1. The van der Waals surface area contributed by atoms with Gasteiger partial charge in [-0.25, -0.2) is 0 Å². The van der Waals surface area contributed by atoms with Crippen LogP contribution in [0.25, 0.3) is 21.3 Å². The van der Waals surface area contributed by atoms with Gasteiger partial charge in [0.05, 0.1) is 0 Å². The van der Waals surface area contributed by atoms with E-state index in [1.165, 1.54) is 11.3 Å². The van der Waals surface area contributed by atoms with Crippen LogP contribution in [0, 0.1) is 5.92 Å². The molecule has 1 fully saturated rings. The second-order valence-electron chi connectivity index (χ2n) is 7.86. The molecule has 2 heterocycles. The minimum absolute atomic E-state index is 0.0253. The number of rotatable bonds is 4. The maximum Gasteiger partial charge on any atom is 0.254 e. The maximum atomic E-state index is 13.1. The van der Waals surface area contributed by atoms with Crippen molar-refractivity contribution in [3.63, 3.8) is 0 Å². The van der Waals surface area contributed by atoms with Gasteiger partial charge in [-0.2, -0.15) is 0 Å². The first-order valence-corrected chi connectivity index (χ1v) is 11.5. The molecule has 0 radical (unpaired) electrons. The summed E-state index contributed by atoms with van der Waals surface area (Å²) in [5.41, 5.74) is 1.69. The minimum Gasteiger partial charge on any atom is -0.339 e. The lowest BCUT2D eigenvalue weighted by molar-refractivity contribution is -0.121. The Morgan fingerprint density at radius 1 is 0.875 bits per heavy atom. The summed E-state index contributed by atoms with van der Waals surface area (Å²) in [4.78, 5) is 27.7. The predicted molar refractivity (Wildman–Crippen MR) is 127 cm³/mol. The van der Waals surface area contributed by atoms with E-state index in [-0.39, 0.29) is 17.7 Å². The van der Waals surface area contributed by atoms with Gasteiger partial charge in [0.1, 0.15) is 5.01 Å². The summed E-state index contributed by atoms with van der Waals surface area (Å²) in [6, 6.07) is 23.5. The van der Waals surface area contributed by atoms with Gasteiger partial charge < -0.3 is 10.2 Å². The van der Waals surface area contributed by atoms with Crippen molar-refractivity contribution in [2.24, 2.45) is 5.92 Å². The van der Waals surface area contributed by atoms with Crippen molar-refractivity contribution in [2.45, 2.75) is 12.8 Å². The molecular weight excluding hydrogens is 420 g/mol. The molecule has 0 saturated carbocycles. The Hall–Kier alpha value is -3.58. The Balaban J connectivity index is 1.21. The van der Waals surface area contributed by atoms with Gasteiger partial charge in [0, 0.05) is 30.1 Å². The molecule has 0 unspecified atom stereocenters. The van der Waals surface area contributed by atoms with Crippen LogP contribution in [-0.4, -0.2) is 40.0 Å². The highest BCUT2D eigenvalue weighted by Crippen LogP contribution is 2.28. The first-order valence-electron chi connectivity index (χ1n) is 10.7. The van der Waals surface area contributed by atoms with Gasteiger partial charge in [-0.1, -0.05) is 78.1 Å². The number of benzene rings is 3. The highest BCUT2D eigenvalue weighted by atomic mass is 32.1. The number of fused-ring (bicyclic) bond motifs is 1. The zero-order valence-electron chi connectivity index (χ0n) is 17.4. The summed E-state index contributed by atoms with van der Waals surface area (Å²) in [6.45, 7) is 1.12. The number of nitrogens with one attached hydrogen (secondary N) is 1. The highest BCUT2D eigenvalue weighted by Gasteiger charge is 2.29. The number of carbonyl (C=O) groups is 2. The van der Waals surface area contributed by atoms with Gasteiger partial charge in [0.25, 0.3) is 5.91 Å². The smallest absolute Gasteiger partial charge is 0.254 e. The molecule has 3 aromatic carbocycles. The van der Waals surface area contributed by atoms with Gasteiger partial charge in [-0.05, 0) is 29.7 Å². The van der Waals surface area contributed by atoms with E-state index < -0.39 is 0 Å². The van der Waals surface area contributed by atoms with Crippen LogP contribution in [0.15, 0.2) is 72.8 Å². The van der Waals surface area contributed by atoms with E-state index in [9.17, 15) is 9.59 Å². The summed E-state index contributed by atoms with van der Waals surface area (Å²) in [6.07, 6.45) is 1.26. The van der Waals surface area contributed by atoms with Crippen molar-refractivity contribution in [2.75, 3.05) is 18.4 Å². The molecule has 7 heteroatoms. The number of hydrogen-bond donors (Lipinski definition) is 1. The molecule has 32 heavy (non-hydrogen) atoms. The summed E-state index contributed by atoms with van der Waals surface area (Å²) >= 11 is 1.36. The first-order chi connectivity index (χ1) is 15.7. The molecule has 1 aliphatic rings. The van der Waals surface area contributed by atoms with Crippen LogP contribution in [0.4, 0.5) is 5.13 Å². The number of aromatic nitrogens is 2. The number of likely N-dealkylation sites (tertiary alicyclic amines) is 1. The number of nitrogens with zero attached hydrogens (tertiary/aromatic N) is 3. The van der Waals surface area contributed by atoms with E-state index in [1.54, 1.807) is 0 Å². The van der Waals surface area contributed by atoms with Gasteiger partial charge >= 0.3 is 0 Å². The fraction of sp³-hybridized carbons (Fsp3) is 0.200. The number of amides is 2. The second-order valence-corrected chi connectivity index (χ2v) is 8.84. The van der Waals surface area contributed by atoms with Crippen LogP contribution in [0.5, 0.6) is 0 Å². The van der Waals surface area contributed by atoms with E-state index in [4.69, 9.17) is 0 Å². The van der Waals surface area contributed by atoms with Crippen molar-refractivity contribution in [3.05, 3.63) is 78.4 Å². The molecule has 0 bridgehead atoms. The second kappa shape index (κ2) is 8.88. The third kappa shape index (κ3) is 4.11. The monoisotopic (exact) mass is 442 g/mol. The quantitative estimate of drug-likeness (QED) is 0.490. The third-order valence-electron chi connectivity index (χ3n) is 5.85. The number of carbonyl (C=O) groups excluding carboxylic acids is 2. The standard InChI is InChI=1S/C25H22N4O2S/c30-22(26-25-28-27-23(32-25)19-8-2-1-3-9-19)18-13-15-29(16-14-18)24(31)21-12-6-10-17-7-4-5-11-20(17)21/h1-12,18H,13-16H2,(H,26,28,30). The Bertz CT molecular complexity index is 1260. The van der Waals surface area contributed by atoms with Crippen LogP contribution < -0.4 is 5.32 Å². The lowest BCUT2D eigenvalue weighted by Gasteiger charge is -2.31. The Morgan fingerprint density at radius 2 is 1.59 bits per heavy atom. The average molecular weight is 443 g/mol. The van der Waals surface area contributed by atoms with Crippen molar-refractivity contribution in [1.29, 1.82) is 0 Å². The molecule has 1 N–H and O–H groups in total. The molecule has 160 valence electrons. The Labute approximate surface area is 189 Å². The normalized spacial score (nSPS) is 14.4. The lowest BCUT2D eigenvalue weighted by atomic mass is 9.95. The Kier molecular flexibility index (Phi) is 5.64. The van der Waals surface area contributed by atoms with Crippen LogP contribution in [0.2, 0.25) is 0 Å². The largest absolute Gasteiger partial charge is 0.339 e. The molecule has 6 nitrogen and oxygen atoms in total. The lowest BCUT2D eigenvalue weighted by Crippen LogP contribution is -2.41. The highest BCUT2D eigenvalue weighted by molar-refractivity contribution is 7.18. The molecule has 0 atom stereocenters. The van der Waals surface area contributed by atoms with Crippen LogP contribution in [-0.2, 0) is 4.79 Å². The topological polar surface area (TPSA) is 75.2 Å². The van der Waals surface area contributed by atoms with Gasteiger partial charge in [0.2, 0.25) is 11.0 Å². The summed E-state index contributed by atoms with van der Waals surface area (Å²) in [5, 5.41) is 14.5. The molecule has 4 aromatic rings. The van der Waals surface area contributed by atoms with Crippen LogP contribution >= 0.6 is 11.3 Å². The van der Waals surface area contributed by atoms with Crippen LogP contribution in [0.1, 0.15) is 23.2 Å². The number of hydrogen-bond acceptors (Lipinski definition) is 5. The summed E-state index contributed by atoms with van der Waals surface area (Å²) < 4.78 is 0. The zero-order valence-corrected chi connectivity index (χ0v) is 18.2. The number of anilines is 1. The van der Waals surface area contributed by atoms with E-state index in [2.05, 4.69) is 15.5 Å². The fourth-order valence-electron chi connectivity index (χ4n) is 4.11. The Morgan fingerprint density at radius 3 is 2.41 bits per heavy atom. The predicted octanol–water partition coefficient (Wildman–Crippen LogP) is 4.85. The molecule has 2 amide bonds. The van der Waals surface area contributed by atoms with Gasteiger partial charge in [-0.3, -0.25) is 9.59 Å². The molecular formula is C25H22N4O2S. The van der Waals surface area contributed by atoms with Gasteiger partial charge in [0.15, 0.2) is 0 Å². The summed E-state index contributed by atoms with van der Waals surface area (Å²) in [7, 11) is 0. The molecule has 1 saturated heterocycles. The molecule has 0 spiro atoms. The van der Waals surface area contributed by atoms with E-state index in [0.29, 0.717) is 36.6 Å².